The molecule has 0 saturated carbocycles. The molecule has 0 aromatic heterocycles. The largest absolute Gasteiger partial charge is 0.324 e. The average molecular weight is 306 g/mol. The van der Waals surface area contributed by atoms with E-state index in [1.54, 1.807) is 0 Å². The Morgan fingerprint density at radius 2 is 1.50 bits per heavy atom. The molecule has 0 aliphatic carbocycles. The quantitative estimate of drug-likeness (QED) is 0.399. The number of rotatable bonds is 5. The highest BCUT2D eigenvalue weighted by Gasteiger charge is 2.00. The molecule has 0 aliphatic heterocycles. The second-order valence-electron chi connectivity index (χ2n) is 5.02. The molecule has 0 atom stereocenters. The Bertz CT molecular complexity index is 724. The number of hydrogen-bond acceptors (Lipinski definition) is 3. The monoisotopic (exact) mass is 306 g/mol. The lowest BCUT2D eigenvalue weighted by Crippen LogP contribution is -2.06. The third kappa shape index (κ3) is 3.70. The molecule has 0 heterocycles. The maximum absolute atomic E-state index is 5.44. The number of hydrogen-bond donors (Lipinski definition) is 2. The molecule has 3 heteroatoms. The summed E-state index contributed by atoms with van der Waals surface area (Å²) in [6.07, 6.45) is 0. The van der Waals surface area contributed by atoms with Crippen molar-refractivity contribution < 1.29 is 0 Å². The fourth-order valence-corrected chi connectivity index (χ4v) is 3.18. The third-order valence-electron chi connectivity index (χ3n) is 3.47. The predicted octanol–water partition coefficient (Wildman–Crippen LogP) is 4.93. The number of hydrazine groups is 1. The Balaban J connectivity index is 1.66. The van der Waals surface area contributed by atoms with Crippen molar-refractivity contribution in [3.8, 4) is 11.1 Å². The van der Waals surface area contributed by atoms with Gasteiger partial charge in [0.25, 0.3) is 0 Å². The topological polar surface area (TPSA) is 38.0 Å². The second-order valence-corrected chi connectivity index (χ2v) is 6.07. The van der Waals surface area contributed by atoms with E-state index in [0.29, 0.717) is 0 Å². The zero-order chi connectivity index (χ0) is 15.2. The van der Waals surface area contributed by atoms with Crippen LogP contribution in [0.4, 0.5) is 5.69 Å². The summed E-state index contributed by atoms with van der Waals surface area (Å²) < 4.78 is 0. The summed E-state index contributed by atoms with van der Waals surface area (Å²) >= 11 is 1.81. The van der Waals surface area contributed by atoms with Gasteiger partial charge >= 0.3 is 0 Å². The van der Waals surface area contributed by atoms with Crippen LogP contribution in [0.3, 0.4) is 0 Å². The minimum absolute atomic E-state index is 0.935. The van der Waals surface area contributed by atoms with E-state index in [9.17, 15) is 0 Å². The summed E-state index contributed by atoms with van der Waals surface area (Å²) in [4.78, 5) is 1.21. The second kappa shape index (κ2) is 7.16. The number of benzene rings is 3. The molecule has 0 aliphatic rings. The van der Waals surface area contributed by atoms with Crippen LogP contribution in [-0.4, -0.2) is 0 Å². The zero-order valence-electron chi connectivity index (χ0n) is 12.2. The molecular formula is C19H18N2S. The molecule has 0 fully saturated rings. The van der Waals surface area contributed by atoms with E-state index < -0.39 is 0 Å². The molecule has 0 saturated heterocycles. The van der Waals surface area contributed by atoms with Crippen LogP contribution in [0.2, 0.25) is 0 Å². The molecule has 0 bridgehead atoms. The maximum Gasteiger partial charge on any atom is 0.0496 e. The molecule has 0 radical (unpaired) electrons. The maximum atomic E-state index is 5.44. The van der Waals surface area contributed by atoms with Gasteiger partial charge in [-0.1, -0.05) is 60.7 Å². The van der Waals surface area contributed by atoms with Gasteiger partial charge in [-0.3, -0.25) is 5.84 Å². The Labute approximate surface area is 135 Å². The first kappa shape index (κ1) is 14.7. The lowest BCUT2D eigenvalue weighted by molar-refractivity contribution is 1.31. The SMILES string of the molecule is NNc1cccc(SCc2ccc(-c3ccccc3)cc2)c1. The van der Waals surface area contributed by atoms with Crippen LogP contribution in [-0.2, 0) is 5.75 Å². The summed E-state index contributed by atoms with van der Waals surface area (Å²) in [5.74, 6) is 6.39. The van der Waals surface area contributed by atoms with Gasteiger partial charge in [-0.15, -0.1) is 11.8 Å². The zero-order valence-corrected chi connectivity index (χ0v) is 13.0. The van der Waals surface area contributed by atoms with Crippen LogP contribution >= 0.6 is 11.8 Å². The van der Waals surface area contributed by atoms with Crippen LogP contribution in [0.25, 0.3) is 11.1 Å². The molecule has 22 heavy (non-hydrogen) atoms. The van der Waals surface area contributed by atoms with E-state index in [4.69, 9.17) is 5.84 Å². The summed E-state index contributed by atoms with van der Waals surface area (Å²) in [5, 5.41) is 0. The van der Waals surface area contributed by atoms with Crippen LogP contribution in [0.1, 0.15) is 5.56 Å². The molecule has 0 unspecified atom stereocenters. The number of nitrogens with one attached hydrogen (secondary N) is 1. The predicted molar refractivity (Wildman–Crippen MR) is 95.7 cm³/mol. The fourth-order valence-electron chi connectivity index (χ4n) is 2.27. The molecule has 3 aromatic carbocycles. The van der Waals surface area contributed by atoms with E-state index in [0.717, 1.165) is 11.4 Å². The van der Waals surface area contributed by atoms with Crippen LogP contribution < -0.4 is 11.3 Å². The van der Waals surface area contributed by atoms with Gasteiger partial charge in [-0.2, -0.15) is 0 Å². The first-order chi connectivity index (χ1) is 10.8. The molecule has 0 amide bonds. The van der Waals surface area contributed by atoms with Crippen molar-refractivity contribution in [3.63, 3.8) is 0 Å². The van der Waals surface area contributed by atoms with Gasteiger partial charge in [0.05, 0.1) is 0 Å². The molecular weight excluding hydrogens is 288 g/mol. The lowest BCUT2D eigenvalue weighted by atomic mass is 10.0. The van der Waals surface area contributed by atoms with Gasteiger partial charge in [0.15, 0.2) is 0 Å². The van der Waals surface area contributed by atoms with Gasteiger partial charge in [0, 0.05) is 16.3 Å². The molecule has 3 rings (SSSR count). The number of nitrogen functional groups attached to an aromatic ring is 1. The van der Waals surface area contributed by atoms with E-state index in [2.05, 4.69) is 66.1 Å². The van der Waals surface area contributed by atoms with Crippen molar-refractivity contribution in [2.45, 2.75) is 10.6 Å². The van der Waals surface area contributed by atoms with E-state index >= 15 is 0 Å². The first-order valence-electron chi connectivity index (χ1n) is 7.19. The van der Waals surface area contributed by atoms with Gasteiger partial charge in [0.1, 0.15) is 0 Å². The minimum atomic E-state index is 0.935. The Hall–Kier alpha value is -2.23. The lowest BCUT2D eigenvalue weighted by Gasteiger charge is -2.06. The van der Waals surface area contributed by atoms with Crippen LogP contribution in [0.15, 0.2) is 83.8 Å². The normalized spacial score (nSPS) is 10.4. The van der Waals surface area contributed by atoms with Crippen LogP contribution in [0, 0.1) is 0 Å². The summed E-state index contributed by atoms with van der Waals surface area (Å²) in [6, 6.07) is 27.3. The van der Waals surface area contributed by atoms with Gasteiger partial charge < -0.3 is 5.43 Å². The van der Waals surface area contributed by atoms with Crippen molar-refractivity contribution in [1.29, 1.82) is 0 Å². The van der Waals surface area contributed by atoms with Crippen molar-refractivity contribution in [3.05, 3.63) is 84.4 Å². The Morgan fingerprint density at radius 1 is 0.773 bits per heavy atom. The van der Waals surface area contributed by atoms with Crippen LogP contribution in [0.5, 0.6) is 0 Å². The number of nitrogens with two attached hydrogens (primary N) is 1. The van der Waals surface area contributed by atoms with Crippen molar-refractivity contribution >= 4 is 17.4 Å². The van der Waals surface area contributed by atoms with Gasteiger partial charge in [-0.05, 0) is 34.9 Å². The van der Waals surface area contributed by atoms with Crippen molar-refractivity contribution in [2.75, 3.05) is 5.43 Å². The highest BCUT2D eigenvalue weighted by Crippen LogP contribution is 2.26. The van der Waals surface area contributed by atoms with Gasteiger partial charge in [0.2, 0.25) is 0 Å². The molecule has 3 N–H and O–H groups in total. The smallest absolute Gasteiger partial charge is 0.0496 e. The fraction of sp³-hybridized carbons (Fsp3) is 0.0526. The number of thioether (sulfide) groups is 1. The van der Waals surface area contributed by atoms with E-state index in [1.165, 1.54) is 21.6 Å². The summed E-state index contributed by atoms with van der Waals surface area (Å²) in [7, 11) is 0. The van der Waals surface area contributed by atoms with Gasteiger partial charge in [-0.25, -0.2) is 0 Å². The van der Waals surface area contributed by atoms with Crippen molar-refractivity contribution in [1.82, 2.24) is 0 Å². The molecule has 0 spiro atoms. The Morgan fingerprint density at radius 3 is 2.23 bits per heavy atom. The highest BCUT2D eigenvalue weighted by atomic mass is 32.2. The Kier molecular flexibility index (Phi) is 4.78. The summed E-state index contributed by atoms with van der Waals surface area (Å²) in [6.45, 7) is 0. The molecule has 110 valence electrons. The highest BCUT2D eigenvalue weighted by molar-refractivity contribution is 7.98. The third-order valence-corrected chi connectivity index (χ3v) is 4.53. The minimum Gasteiger partial charge on any atom is -0.324 e. The van der Waals surface area contributed by atoms with Crippen molar-refractivity contribution in [2.24, 2.45) is 5.84 Å². The average Bonchev–Trinajstić information content (AvgIpc) is 2.61. The number of anilines is 1. The molecule has 3 aromatic rings. The first-order valence-corrected chi connectivity index (χ1v) is 8.17. The van der Waals surface area contributed by atoms with E-state index in [1.807, 2.05) is 30.0 Å². The molecule has 2 nitrogen and oxygen atoms in total. The van der Waals surface area contributed by atoms with E-state index in [-0.39, 0.29) is 0 Å². The standard InChI is InChI=1S/C19H18N2S/c20-21-18-7-4-8-19(13-18)22-14-15-9-11-17(12-10-15)16-5-2-1-3-6-16/h1-13,21H,14,20H2. The summed E-state index contributed by atoms with van der Waals surface area (Å²) in [5.41, 5.74) is 7.43.